The number of H-pyrrole nitrogens is 1. The maximum absolute atomic E-state index is 12.6. The van der Waals surface area contributed by atoms with Gasteiger partial charge in [0, 0.05) is 13.5 Å². The van der Waals surface area contributed by atoms with E-state index in [1.165, 1.54) is 0 Å². The van der Waals surface area contributed by atoms with Gasteiger partial charge in [0.05, 0.1) is 11.5 Å². The SMILES string of the molecule is [2H]C[C@H]1O[C@@H](n2ccc3c(=O)[nH]c(NC(=O)C(C)C)nc32)[C@@H](O[Si](C)(C)C(C)(C)C)C1O. The van der Waals surface area contributed by atoms with Crippen molar-refractivity contribution in [3.05, 3.63) is 22.6 Å². The highest BCUT2D eigenvalue weighted by atomic mass is 28.4. The van der Waals surface area contributed by atoms with E-state index in [0.29, 0.717) is 11.0 Å². The summed E-state index contributed by atoms with van der Waals surface area (Å²) >= 11 is 0. The highest BCUT2D eigenvalue weighted by molar-refractivity contribution is 6.74. The molecule has 1 saturated heterocycles. The van der Waals surface area contributed by atoms with Gasteiger partial charge < -0.3 is 18.8 Å². The summed E-state index contributed by atoms with van der Waals surface area (Å²) < 4.78 is 22.0. The van der Waals surface area contributed by atoms with Gasteiger partial charge in [0.25, 0.3) is 5.56 Å². The van der Waals surface area contributed by atoms with Crippen LogP contribution >= 0.6 is 0 Å². The zero-order valence-corrected chi connectivity index (χ0v) is 20.2. The number of anilines is 1. The molecule has 1 fully saturated rings. The van der Waals surface area contributed by atoms with E-state index in [1.807, 2.05) is 0 Å². The number of aromatic nitrogens is 3. The van der Waals surface area contributed by atoms with Crippen molar-refractivity contribution in [1.29, 1.82) is 0 Å². The van der Waals surface area contributed by atoms with Gasteiger partial charge in [-0.05, 0) is 31.1 Å². The number of aliphatic hydroxyl groups is 1. The third-order valence-electron chi connectivity index (χ3n) is 6.17. The number of ether oxygens (including phenoxy) is 1. The van der Waals surface area contributed by atoms with Crippen molar-refractivity contribution in [2.24, 2.45) is 5.92 Å². The Morgan fingerprint density at radius 1 is 1.45 bits per heavy atom. The number of rotatable bonds is 5. The molecule has 2 aromatic rings. The molecule has 4 atom stereocenters. The van der Waals surface area contributed by atoms with E-state index in [2.05, 4.69) is 49.1 Å². The summed E-state index contributed by atoms with van der Waals surface area (Å²) in [5.41, 5.74) is -0.0928. The minimum atomic E-state index is -2.29. The zero-order valence-electron chi connectivity index (χ0n) is 20.2. The van der Waals surface area contributed by atoms with E-state index >= 15 is 0 Å². The van der Waals surface area contributed by atoms with Crippen LogP contribution in [0.3, 0.4) is 0 Å². The Labute approximate surface area is 184 Å². The average Bonchev–Trinajstić information content (AvgIpc) is 3.22. The lowest BCUT2D eigenvalue weighted by molar-refractivity contribution is -0.118. The molecular weight excluding hydrogens is 416 g/mol. The summed E-state index contributed by atoms with van der Waals surface area (Å²) in [4.78, 5) is 31.7. The molecule has 0 bridgehead atoms. The fourth-order valence-electron chi connectivity index (χ4n) is 3.15. The number of aliphatic hydroxyl groups excluding tert-OH is 1. The smallest absolute Gasteiger partial charge is 0.261 e. The first-order valence-corrected chi connectivity index (χ1v) is 13.4. The molecule has 9 nitrogen and oxygen atoms in total. The lowest BCUT2D eigenvalue weighted by Crippen LogP contribution is -2.48. The number of carbonyl (C=O) groups is 1. The fourth-order valence-corrected chi connectivity index (χ4v) is 4.44. The minimum absolute atomic E-state index is 0.0404. The molecule has 0 spiro atoms. The number of amides is 1. The van der Waals surface area contributed by atoms with Crippen LogP contribution in [0.1, 0.15) is 49.1 Å². The molecule has 1 aliphatic rings. The molecule has 10 heteroatoms. The second-order valence-corrected chi connectivity index (χ2v) is 14.7. The molecule has 1 unspecified atom stereocenters. The van der Waals surface area contributed by atoms with Crippen LogP contribution in [0.5, 0.6) is 0 Å². The highest BCUT2D eigenvalue weighted by Gasteiger charge is 2.49. The summed E-state index contributed by atoms with van der Waals surface area (Å²) in [6, 6.07) is 1.61. The molecule has 0 aliphatic carbocycles. The van der Waals surface area contributed by atoms with Gasteiger partial charge in [-0.15, -0.1) is 0 Å². The molecule has 172 valence electrons. The van der Waals surface area contributed by atoms with Crippen molar-refractivity contribution in [2.45, 2.75) is 84.2 Å². The quantitative estimate of drug-likeness (QED) is 0.602. The van der Waals surface area contributed by atoms with E-state index < -0.39 is 38.4 Å². The van der Waals surface area contributed by atoms with Crippen LogP contribution in [0.2, 0.25) is 18.1 Å². The van der Waals surface area contributed by atoms with E-state index in [-0.39, 0.29) is 29.7 Å². The molecule has 1 amide bonds. The fraction of sp³-hybridized carbons (Fsp3) is 0.667. The van der Waals surface area contributed by atoms with Gasteiger partial charge in [0.2, 0.25) is 11.9 Å². The lowest BCUT2D eigenvalue weighted by Gasteiger charge is -2.40. The molecule has 3 N–H and O–H groups in total. The molecule has 3 heterocycles. The van der Waals surface area contributed by atoms with Gasteiger partial charge in [-0.25, -0.2) is 0 Å². The second kappa shape index (κ2) is 8.16. The summed E-state index contributed by atoms with van der Waals surface area (Å²) in [6.45, 7) is 13.8. The van der Waals surface area contributed by atoms with Crippen molar-refractivity contribution in [1.82, 2.24) is 14.5 Å². The van der Waals surface area contributed by atoms with Crippen molar-refractivity contribution >= 4 is 31.2 Å². The van der Waals surface area contributed by atoms with Crippen LogP contribution in [-0.2, 0) is 14.0 Å². The van der Waals surface area contributed by atoms with Crippen LogP contribution in [0.25, 0.3) is 11.0 Å². The molecule has 2 aromatic heterocycles. The van der Waals surface area contributed by atoms with E-state index in [1.54, 1.807) is 30.7 Å². The van der Waals surface area contributed by atoms with Crippen LogP contribution in [0.4, 0.5) is 5.95 Å². The van der Waals surface area contributed by atoms with E-state index in [9.17, 15) is 14.7 Å². The van der Waals surface area contributed by atoms with Gasteiger partial charge >= 0.3 is 0 Å². The summed E-state index contributed by atoms with van der Waals surface area (Å²) in [6.07, 6.45) is -1.56. The third kappa shape index (κ3) is 4.48. The number of nitrogens with one attached hydrogen (secondary N) is 2. The van der Waals surface area contributed by atoms with Gasteiger partial charge in [-0.3, -0.25) is 19.9 Å². The normalized spacial score (nSPS) is 25.3. The average molecular weight is 452 g/mol. The Bertz CT molecular complexity index is 1040. The molecule has 1 aliphatic heterocycles. The number of hydrogen-bond donors (Lipinski definition) is 3. The Hall–Kier alpha value is -2.01. The standard InChI is InChI=1S/C21H34N4O5Si/c1-11(2)17(27)23-20-22-16-13(18(28)24-20)9-10-25(16)19-15(14(26)12(3)29-19)30-31(7,8)21(4,5)6/h9-12,14-15,19,26H,1-8H3,(H2,22,23,24,27,28)/t12-,14?,15+,19-/m1/s1/i3D. The first-order valence-electron chi connectivity index (χ1n) is 11.2. The van der Waals surface area contributed by atoms with Crippen LogP contribution in [-0.4, -0.2) is 52.2 Å². The monoisotopic (exact) mass is 451 g/mol. The zero-order chi connectivity index (χ0) is 24.0. The van der Waals surface area contributed by atoms with E-state index in [0.717, 1.165) is 0 Å². The van der Waals surface area contributed by atoms with Crippen LogP contribution < -0.4 is 10.9 Å². The van der Waals surface area contributed by atoms with Gasteiger partial charge in [-0.1, -0.05) is 34.6 Å². The predicted molar refractivity (Wildman–Crippen MR) is 121 cm³/mol. The van der Waals surface area contributed by atoms with E-state index in [4.69, 9.17) is 10.5 Å². The Morgan fingerprint density at radius 3 is 2.71 bits per heavy atom. The molecule has 0 radical (unpaired) electrons. The third-order valence-corrected chi connectivity index (χ3v) is 10.6. The van der Waals surface area contributed by atoms with Crippen LogP contribution in [0, 0.1) is 5.92 Å². The first-order chi connectivity index (χ1) is 14.8. The van der Waals surface area contributed by atoms with Crippen molar-refractivity contribution in [3.63, 3.8) is 0 Å². The maximum Gasteiger partial charge on any atom is 0.261 e. The maximum atomic E-state index is 12.6. The predicted octanol–water partition coefficient (Wildman–Crippen LogP) is 2.99. The largest absolute Gasteiger partial charge is 0.407 e. The molecule has 3 rings (SSSR count). The number of carbonyl (C=O) groups excluding carboxylic acids is 1. The molecular formula is C21H34N4O5Si. The Morgan fingerprint density at radius 2 is 2.13 bits per heavy atom. The topological polar surface area (TPSA) is 118 Å². The van der Waals surface area contributed by atoms with Crippen LogP contribution in [0.15, 0.2) is 17.1 Å². The second-order valence-electron chi connectivity index (χ2n) is 9.92. The van der Waals surface area contributed by atoms with Gasteiger partial charge in [-0.2, -0.15) is 4.98 Å². The van der Waals surface area contributed by atoms with Crippen molar-refractivity contribution < 1.29 is 20.4 Å². The number of hydrogen-bond acceptors (Lipinski definition) is 6. The van der Waals surface area contributed by atoms with Crippen molar-refractivity contribution in [2.75, 3.05) is 5.32 Å². The summed E-state index contributed by atoms with van der Waals surface area (Å²) in [5.74, 6) is -0.513. The van der Waals surface area contributed by atoms with Gasteiger partial charge in [0.1, 0.15) is 12.2 Å². The summed E-state index contributed by atoms with van der Waals surface area (Å²) in [7, 11) is -2.29. The highest BCUT2D eigenvalue weighted by Crippen LogP contribution is 2.42. The molecule has 0 saturated carbocycles. The Balaban J connectivity index is 2.05. The lowest BCUT2D eigenvalue weighted by atomic mass is 10.1. The van der Waals surface area contributed by atoms with Crippen molar-refractivity contribution in [3.8, 4) is 0 Å². The summed E-state index contributed by atoms with van der Waals surface area (Å²) in [5, 5.41) is 13.7. The van der Waals surface area contributed by atoms with Gasteiger partial charge in [0.15, 0.2) is 20.2 Å². The number of fused-ring (bicyclic) bond motifs is 1. The first kappa shape index (κ1) is 22.2. The molecule has 0 aromatic carbocycles. The molecule has 31 heavy (non-hydrogen) atoms. The minimum Gasteiger partial charge on any atom is -0.407 e. The number of aromatic amines is 1. The number of nitrogens with zero attached hydrogens (tertiary/aromatic N) is 2. The Kier molecular flexibility index (Phi) is 5.84.